The van der Waals surface area contributed by atoms with Crippen LogP contribution in [0.25, 0.3) is 0 Å². The first-order valence-corrected chi connectivity index (χ1v) is 11.1. The Morgan fingerprint density at radius 2 is 1.93 bits per heavy atom. The zero-order chi connectivity index (χ0) is 21.0. The number of likely N-dealkylation sites (tertiary alicyclic amines) is 1. The summed E-state index contributed by atoms with van der Waals surface area (Å²) in [6.45, 7) is 4.77. The molecule has 7 heteroatoms. The Labute approximate surface area is 177 Å². The van der Waals surface area contributed by atoms with Crippen molar-refractivity contribution in [3.05, 3.63) is 40.7 Å². The van der Waals surface area contributed by atoms with E-state index in [0.717, 1.165) is 58.6 Å². The molecule has 156 valence electrons. The summed E-state index contributed by atoms with van der Waals surface area (Å²) in [6.07, 6.45) is 5.03. The molecule has 1 atom stereocenters. The van der Waals surface area contributed by atoms with Gasteiger partial charge in [-0.25, -0.2) is 9.97 Å². The van der Waals surface area contributed by atoms with Crippen LogP contribution in [0.15, 0.2) is 23.4 Å². The van der Waals surface area contributed by atoms with Crippen molar-refractivity contribution in [3.8, 4) is 11.5 Å². The first-order valence-electron chi connectivity index (χ1n) is 9.88. The monoisotopic (exact) mass is 415 g/mol. The molecular formula is C22H29N3O3S. The van der Waals surface area contributed by atoms with Gasteiger partial charge in [-0.1, -0.05) is 11.8 Å². The summed E-state index contributed by atoms with van der Waals surface area (Å²) in [5, 5.41) is 0.779. The number of carbonyl (C=O) groups excluding carboxylic acids is 1. The lowest BCUT2D eigenvalue weighted by Gasteiger charge is -2.27. The van der Waals surface area contributed by atoms with Crippen molar-refractivity contribution in [2.24, 2.45) is 0 Å². The summed E-state index contributed by atoms with van der Waals surface area (Å²) in [7, 11) is 3.29. The standard InChI is InChI=1S/C22H29N3O3S/c1-14-17(15(2)24-22(23-14)29-5)10-11-21(26)25-12-6-7-19(25)18-9-8-16(27-3)13-20(18)28-4/h8-9,13,19H,6-7,10-12H2,1-5H3/t19-/m1/s1. The highest BCUT2D eigenvalue weighted by molar-refractivity contribution is 7.98. The minimum atomic E-state index is 0.0423. The van der Waals surface area contributed by atoms with E-state index in [-0.39, 0.29) is 11.9 Å². The highest BCUT2D eigenvalue weighted by Crippen LogP contribution is 2.39. The highest BCUT2D eigenvalue weighted by atomic mass is 32.2. The quantitative estimate of drug-likeness (QED) is 0.500. The molecule has 1 amide bonds. The number of hydrogen-bond donors (Lipinski definition) is 0. The van der Waals surface area contributed by atoms with E-state index < -0.39 is 0 Å². The number of benzene rings is 1. The van der Waals surface area contributed by atoms with Crippen LogP contribution in [-0.4, -0.2) is 47.8 Å². The average Bonchev–Trinajstić information content (AvgIpc) is 3.21. The number of rotatable bonds is 7. The SMILES string of the molecule is COc1ccc([C@H]2CCCN2C(=O)CCc2c(C)nc(SC)nc2C)c(OC)c1. The molecule has 0 bridgehead atoms. The molecule has 2 aromatic rings. The Bertz CT molecular complexity index is 865. The largest absolute Gasteiger partial charge is 0.497 e. The molecule has 0 spiro atoms. The van der Waals surface area contributed by atoms with Crippen LogP contribution in [-0.2, 0) is 11.2 Å². The summed E-state index contributed by atoms with van der Waals surface area (Å²) in [4.78, 5) is 24.1. The maximum Gasteiger partial charge on any atom is 0.223 e. The maximum atomic E-state index is 13.1. The molecule has 0 unspecified atom stereocenters. The van der Waals surface area contributed by atoms with Crippen LogP contribution in [0.1, 0.15) is 47.8 Å². The molecule has 2 heterocycles. The van der Waals surface area contributed by atoms with Gasteiger partial charge < -0.3 is 14.4 Å². The van der Waals surface area contributed by atoms with Gasteiger partial charge in [0.1, 0.15) is 11.5 Å². The van der Waals surface area contributed by atoms with Crippen LogP contribution in [0.4, 0.5) is 0 Å². The van der Waals surface area contributed by atoms with E-state index >= 15 is 0 Å². The van der Waals surface area contributed by atoms with E-state index in [1.807, 2.05) is 43.2 Å². The van der Waals surface area contributed by atoms with Crippen molar-refractivity contribution in [2.45, 2.75) is 50.7 Å². The predicted octanol–water partition coefficient (Wildman–Crippen LogP) is 4.13. The minimum absolute atomic E-state index is 0.0423. The number of methoxy groups -OCH3 is 2. The molecule has 1 saturated heterocycles. The van der Waals surface area contributed by atoms with E-state index in [1.165, 1.54) is 11.8 Å². The van der Waals surface area contributed by atoms with Gasteiger partial charge in [0.25, 0.3) is 0 Å². The number of carbonyl (C=O) groups is 1. The van der Waals surface area contributed by atoms with Gasteiger partial charge in [-0.2, -0.15) is 0 Å². The molecular weight excluding hydrogens is 386 g/mol. The molecule has 6 nitrogen and oxygen atoms in total. The number of amides is 1. The molecule has 0 N–H and O–H groups in total. The van der Waals surface area contributed by atoms with E-state index in [4.69, 9.17) is 9.47 Å². The van der Waals surface area contributed by atoms with Gasteiger partial charge in [-0.05, 0) is 57.1 Å². The smallest absolute Gasteiger partial charge is 0.223 e. The molecule has 0 radical (unpaired) electrons. The van der Waals surface area contributed by atoms with Gasteiger partial charge in [0, 0.05) is 36.0 Å². The van der Waals surface area contributed by atoms with Gasteiger partial charge in [0.15, 0.2) is 5.16 Å². The van der Waals surface area contributed by atoms with Crippen molar-refractivity contribution < 1.29 is 14.3 Å². The van der Waals surface area contributed by atoms with Crippen molar-refractivity contribution in [3.63, 3.8) is 0 Å². The molecule has 1 aliphatic rings. The van der Waals surface area contributed by atoms with Gasteiger partial charge >= 0.3 is 0 Å². The second kappa shape index (κ2) is 9.48. The fourth-order valence-electron chi connectivity index (χ4n) is 4.02. The first kappa shape index (κ1) is 21.4. The van der Waals surface area contributed by atoms with E-state index in [0.29, 0.717) is 12.8 Å². The summed E-state index contributed by atoms with van der Waals surface area (Å²) in [6, 6.07) is 5.86. The molecule has 29 heavy (non-hydrogen) atoms. The first-order chi connectivity index (χ1) is 14.0. The van der Waals surface area contributed by atoms with E-state index in [9.17, 15) is 4.79 Å². The van der Waals surface area contributed by atoms with Crippen LogP contribution in [0.5, 0.6) is 11.5 Å². The third kappa shape index (κ3) is 4.66. The van der Waals surface area contributed by atoms with Crippen molar-refractivity contribution >= 4 is 17.7 Å². The number of nitrogens with zero attached hydrogens (tertiary/aromatic N) is 3. The van der Waals surface area contributed by atoms with E-state index in [2.05, 4.69) is 9.97 Å². The lowest BCUT2D eigenvalue weighted by atomic mass is 10.0. The van der Waals surface area contributed by atoms with Crippen LogP contribution >= 0.6 is 11.8 Å². The second-order valence-corrected chi connectivity index (χ2v) is 7.99. The van der Waals surface area contributed by atoms with Gasteiger partial charge in [0.05, 0.1) is 20.3 Å². The molecule has 1 aliphatic heterocycles. The van der Waals surface area contributed by atoms with Gasteiger partial charge in [-0.3, -0.25) is 4.79 Å². The topological polar surface area (TPSA) is 64.5 Å². The average molecular weight is 416 g/mol. The molecule has 3 rings (SSSR count). The number of aryl methyl sites for hydroxylation is 2. The fraction of sp³-hybridized carbons (Fsp3) is 0.500. The van der Waals surface area contributed by atoms with E-state index in [1.54, 1.807) is 14.2 Å². The zero-order valence-electron chi connectivity index (χ0n) is 17.8. The van der Waals surface area contributed by atoms with Crippen LogP contribution in [0, 0.1) is 13.8 Å². The summed E-state index contributed by atoms with van der Waals surface area (Å²) in [5.74, 6) is 1.68. The van der Waals surface area contributed by atoms with Crippen LogP contribution in [0.2, 0.25) is 0 Å². The summed E-state index contributed by atoms with van der Waals surface area (Å²) in [5.41, 5.74) is 4.04. The number of aromatic nitrogens is 2. The molecule has 0 aliphatic carbocycles. The molecule has 0 saturated carbocycles. The predicted molar refractivity (Wildman–Crippen MR) is 115 cm³/mol. The van der Waals surface area contributed by atoms with Crippen molar-refractivity contribution in [1.82, 2.24) is 14.9 Å². The summed E-state index contributed by atoms with van der Waals surface area (Å²) >= 11 is 1.54. The second-order valence-electron chi connectivity index (χ2n) is 7.21. The van der Waals surface area contributed by atoms with Gasteiger partial charge in [0.2, 0.25) is 5.91 Å². The Morgan fingerprint density at radius 3 is 2.55 bits per heavy atom. The summed E-state index contributed by atoms with van der Waals surface area (Å²) < 4.78 is 10.9. The number of hydrogen-bond acceptors (Lipinski definition) is 6. The number of ether oxygens (including phenoxy) is 2. The Hall–Kier alpha value is -2.28. The normalized spacial score (nSPS) is 16.2. The van der Waals surface area contributed by atoms with Crippen LogP contribution in [0.3, 0.4) is 0 Å². The molecule has 1 aromatic carbocycles. The Balaban J connectivity index is 1.74. The van der Waals surface area contributed by atoms with Crippen molar-refractivity contribution in [2.75, 3.05) is 27.0 Å². The number of thioether (sulfide) groups is 1. The van der Waals surface area contributed by atoms with Crippen LogP contribution < -0.4 is 9.47 Å². The molecule has 1 aromatic heterocycles. The van der Waals surface area contributed by atoms with Gasteiger partial charge in [-0.15, -0.1) is 0 Å². The Morgan fingerprint density at radius 1 is 1.21 bits per heavy atom. The lowest BCUT2D eigenvalue weighted by Crippen LogP contribution is -2.31. The minimum Gasteiger partial charge on any atom is -0.497 e. The fourth-order valence-corrected chi connectivity index (χ4v) is 4.48. The Kier molecular flexibility index (Phi) is 7.00. The lowest BCUT2D eigenvalue weighted by molar-refractivity contribution is -0.132. The molecule has 1 fully saturated rings. The highest BCUT2D eigenvalue weighted by Gasteiger charge is 2.31. The third-order valence-corrected chi connectivity index (χ3v) is 6.09. The van der Waals surface area contributed by atoms with Crippen molar-refractivity contribution in [1.29, 1.82) is 0 Å². The third-order valence-electron chi connectivity index (χ3n) is 5.54. The maximum absolute atomic E-state index is 13.1. The zero-order valence-corrected chi connectivity index (χ0v) is 18.6.